The maximum atomic E-state index is 4.95. The zero-order chi connectivity index (χ0) is 21.8. The van der Waals surface area contributed by atoms with Crippen molar-refractivity contribution in [2.45, 2.75) is 9.79 Å². The van der Waals surface area contributed by atoms with E-state index in [1.807, 2.05) is 30.0 Å². The van der Waals surface area contributed by atoms with Crippen molar-refractivity contribution in [1.82, 2.24) is 15.0 Å². The van der Waals surface area contributed by atoms with Crippen molar-refractivity contribution in [2.24, 2.45) is 0 Å². The normalized spacial score (nSPS) is 12.7. The highest BCUT2D eigenvalue weighted by atomic mass is 32.2. The molecule has 1 aromatic heterocycles. The van der Waals surface area contributed by atoms with Gasteiger partial charge in [-0.3, -0.25) is 0 Å². The Hall–Kier alpha value is -4.09. The van der Waals surface area contributed by atoms with Gasteiger partial charge in [-0.1, -0.05) is 78.5 Å². The summed E-state index contributed by atoms with van der Waals surface area (Å²) >= 11 is 1.81. The highest BCUT2D eigenvalue weighted by Crippen LogP contribution is 2.52. The predicted octanol–water partition coefficient (Wildman–Crippen LogP) is 7.51. The minimum absolute atomic E-state index is 0.888. The smallest absolute Gasteiger partial charge is 0.121 e. The lowest BCUT2D eigenvalue weighted by atomic mass is 10.1. The van der Waals surface area contributed by atoms with Crippen molar-refractivity contribution in [3.8, 4) is 5.69 Å². The van der Waals surface area contributed by atoms with E-state index in [1.165, 1.54) is 15.2 Å². The lowest BCUT2D eigenvalue weighted by Crippen LogP contribution is -2.17. The van der Waals surface area contributed by atoms with E-state index < -0.39 is 0 Å². The zero-order valence-corrected chi connectivity index (χ0v) is 18.4. The molecule has 0 atom stereocenters. The molecule has 0 fully saturated rings. The third-order valence-corrected chi connectivity index (χ3v) is 7.18. The fraction of sp³-hybridized carbons (Fsp3) is 0. The van der Waals surface area contributed by atoms with Crippen molar-refractivity contribution >= 4 is 50.6 Å². The van der Waals surface area contributed by atoms with Crippen molar-refractivity contribution in [1.29, 1.82) is 0 Å². The number of para-hydroxylation sites is 4. The quantitative estimate of drug-likeness (QED) is 0.277. The first-order chi connectivity index (χ1) is 16.4. The molecule has 5 heteroatoms. The average Bonchev–Trinajstić information content (AvgIpc) is 3.32. The molecular formula is C28H18N4S. The molecule has 6 aromatic rings. The Kier molecular flexibility index (Phi) is 4.04. The molecule has 0 radical (unpaired) electrons. The van der Waals surface area contributed by atoms with E-state index in [0.717, 1.165) is 39.2 Å². The second-order valence-corrected chi connectivity index (χ2v) is 9.09. The van der Waals surface area contributed by atoms with Crippen molar-refractivity contribution in [3.05, 3.63) is 109 Å². The Morgan fingerprint density at radius 3 is 1.88 bits per heavy atom. The number of hydrogen-bond donors (Lipinski definition) is 0. The summed E-state index contributed by atoms with van der Waals surface area (Å²) in [4.78, 5) is 6.56. The second kappa shape index (κ2) is 7.22. The molecule has 0 saturated heterocycles. The second-order valence-electron chi connectivity index (χ2n) is 8.01. The lowest BCUT2D eigenvalue weighted by Gasteiger charge is -2.33. The molecule has 0 saturated carbocycles. The van der Waals surface area contributed by atoms with Gasteiger partial charge in [0.25, 0.3) is 0 Å². The van der Waals surface area contributed by atoms with Gasteiger partial charge in [0.15, 0.2) is 0 Å². The summed E-state index contributed by atoms with van der Waals surface area (Å²) in [6.07, 6.45) is 0. The fourth-order valence-corrected chi connectivity index (χ4v) is 5.60. The Bertz CT molecular complexity index is 1620. The van der Waals surface area contributed by atoms with Gasteiger partial charge in [0.05, 0.1) is 17.1 Å². The van der Waals surface area contributed by atoms with Gasteiger partial charge < -0.3 is 4.90 Å². The maximum absolute atomic E-state index is 4.95. The molecule has 0 aliphatic carbocycles. The number of anilines is 3. The monoisotopic (exact) mass is 442 g/mol. The van der Waals surface area contributed by atoms with E-state index in [2.05, 4.69) is 95.9 Å². The molecule has 156 valence electrons. The number of benzene rings is 5. The molecule has 4 nitrogen and oxygen atoms in total. The van der Waals surface area contributed by atoms with E-state index in [1.54, 1.807) is 4.80 Å². The van der Waals surface area contributed by atoms with Crippen LogP contribution < -0.4 is 4.90 Å². The minimum atomic E-state index is 0.888. The summed E-state index contributed by atoms with van der Waals surface area (Å²) < 4.78 is 0. The summed E-state index contributed by atoms with van der Waals surface area (Å²) in [5.74, 6) is 0. The molecule has 7 rings (SSSR count). The van der Waals surface area contributed by atoms with Crippen molar-refractivity contribution in [2.75, 3.05) is 4.90 Å². The van der Waals surface area contributed by atoms with Crippen LogP contribution in [-0.4, -0.2) is 15.0 Å². The minimum Gasteiger partial charge on any atom is -0.306 e. The average molecular weight is 443 g/mol. The van der Waals surface area contributed by atoms with Crippen LogP contribution >= 0.6 is 11.8 Å². The Morgan fingerprint density at radius 1 is 0.515 bits per heavy atom. The van der Waals surface area contributed by atoms with Crippen LogP contribution in [0.4, 0.5) is 17.1 Å². The third kappa shape index (κ3) is 2.86. The van der Waals surface area contributed by atoms with E-state index >= 15 is 0 Å². The van der Waals surface area contributed by atoms with Crippen LogP contribution in [0, 0.1) is 0 Å². The summed E-state index contributed by atoms with van der Waals surface area (Å²) in [6, 6.07) is 37.9. The van der Waals surface area contributed by atoms with Crippen LogP contribution in [0.25, 0.3) is 27.5 Å². The summed E-state index contributed by atoms with van der Waals surface area (Å²) in [6.45, 7) is 0. The van der Waals surface area contributed by atoms with Crippen molar-refractivity contribution < 1.29 is 0 Å². The number of fused-ring (bicyclic) bond motifs is 5. The van der Waals surface area contributed by atoms with Gasteiger partial charge >= 0.3 is 0 Å². The van der Waals surface area contributed by atoms with Crippen LogP contribution in [0.2, 0.25) is 0 Å². The van der Waals surface area contributed by atoms with Gasteiger partial charge in [-0.05, 0) is 47.9 Å². The Morgan fingerprint density at radius 2 is 1.12 bits per heavy atom. The fourth-order valence-electron chi connectivity index (χ4n) is 4.54. The van der Waals surface area contributed by atoms with Crippen LogP contribution in [0.5, 0.6) is 0 Å². The predicted molar refractivity (Wildman–Crippen MR) is 135 cm³/mol. The highest BCUT2D eigenvalue weighted by molar-refractivity contribution is 7.99. The van der Waals surface area contributed by atoms with Gasteiger partial charge in [0.2, 0.25) is 0 Å². The zero-order valence-electron chi connectivity index (χ0n) is 17.6. The van der Waals surface area contributed by atoms with E-state index in [9.17, 15) is 0 Å². The number of rotatable bonds is 2. The summed E-state index contributed by atoms with van der Waals surface area (Å²) in [5.41, 5.74) is 6.11. The van der Waals surface area contributed by atoms with E-state index in [0.29, 0.717) is 0 Å². The molecule has 1 aliphatic rings. The summed E-state index contributed by atoms with van der Waals surface area (Å²) in [5, 5.41) is 12.1. The van der Waals surface area contributed by atoms with Crippen LogP contribution in [0.15, 0.2) is 119 Å². The Balaban J connectivity index is 1.48. The largest absolute Gasteiger partial charge is 0.306 e. The van der Waals surface area contributed by atoms with Crippen LogP contribution in [0.3, 0.4) is 0 Å². The standard InChI is InChI=1S/C28H18N4S/c1-2-10-20-19(9-1)17-18-21-28(20)30-32(29-21)23-12-4-3-11-22(23)31-24-13-5-7-15-26(24)33-27-16-8-6-14-25(27)31/h1-18H. The van der Waals surface area contributed by atoms with Crippen LogP contribution in [0.1, 0.15) is 0 Å². The molecule has 0 spiro atoms. The van der Waals surface area contributed by atoms with Crippen molar-refractivity contribution in [3.63, 3.8) is 0 Å². The molecule has 5 aromatic carbocycles. The molecule has 0 amide bonds. The first kappa shape index (κ1) is 18.5. The number of hydrogen-bond acceptors (Lipinski definition) is 4. The Labute approximate surface area is 195 Å². The van der Waals surface area contributed by atoms with Gasteiger partial charge in [-0.2, -0.15) is 0 Å². The number of nitrogens with zero attached hydrogens (tertiary/aromatic N) is 4. The number of aromatic nitrogens is 3. The SMILES string of the molecule is c1ccc2c(c1)Sc1ccccc1N2c1ccccc1-n1nc2ccc3ccccc3c2n1. The molecule has 0 N–H and O–H groups in total. The van der Waals surface area contributed by atoms with E-state index in [-0.39, 0.29) is 0 Å². The lowest BCUT2D eigenvalue weighted by molar-refractivity contribution is 0.765. The molecule has 0 unspecified atom stereocenters. The molecule has 2 heterocycles. The van der Waals surface area contributed by atoms with Gasteiger partial charge in [-0.15, -0.1) is 15.0 Å². The van der Waals surface area contributed by atoms with Gasteiger partial charge in [0, 0.05) is 15.2 Å². The third-order valence-electron chi connectivity index (χ3n) is 6.05. The van der Waals surface area contributed by atoms with E-state index in [4.69, 9.17) is 10.2 Å². The summed E-state index contributed by atoms with van der Waals surface area (Å²) in [7, 11) is 0. The van der Waals surface area contributed by atoms with Crippen LogP contribution in [-0.2, 0) is 0 Å². The maximum Gasteiger partial charge on any atom is 0.121 e. The molecule has 33 heavy (non-hydrogen) atoms. The highest BCUT2D eigenvalue weighted by Gasteiger charge is 2.26. The topological polar surface area (TPSA) is 34.0 Å². The molecule has 0 bridgehead atoms. The van der Waals surface area contributed by atoms with Gasteiger partial charge in [-0.25, -0.2) is 0 Å². The molecular weight excluding hydrogens is 424 g/mol. The first-order valence-corrected chi connectivity index (χ1v) is 11.7. The molecule has 1 aliphatic heterocycles. The first-order valence-electron chi connectivity index (χ1n) is 10.9. The van der Waals surface area contributed by atoms with Gasteiger partial charge in [0.1, 0.15) is 16.7 Å².